The molecule has 112 valence electrons. The first-order valence-electron chi connectivity index (χ1n) is 7.39. The fourth-order valence-electron chi connectivity index (χ4n) is 2.04. The van der Waals surface area contributed by atoms with E-state index in [4.69, 9.17) is 15.2 Å². The van der Waals surface area contributed by atoms with Crippen LogP contribution < -0.4 is 15.2 Å². The molecule has 1 unspecified atom stereocenters. The predicted molar refractivity (Wildman–Crippen MR) is 85.8 cm³/mol. The highest BCUT2D eigenvalue weighted by Gasteiger charge is 2.14. The van der Waals surface area contributed by atoms with E-state index in [9.17, 15) is 0 Å². The van der Waals surface area contributed by atoms with E-state index in [1.807, 2.05) is 23.9 Å². The van der Waals surface area contributed by atoms with Crippen molar-refractivity contribution in [3.8, 4) is 11.5 Å². The summed E-state index contributed by atoms with van der Waals surface area (Å²) in [5, 5.41) is 0. The number of hydrogen-bond acceptors (Lipinski definition) is 4. The Morgan fingerprint density at radius 1 is 1.20 bits per heavy atom. The topological polar surface area (TPSA) is 44.5 Å². The Morgan fingerprint density at radius 3 is 2.70 bits per heavy atom. The minimum Gasteiger partial charge on any atom is -0.490 e. The van der Waals surface area contributed by atoms with Gasteiger partial charge in [0, 0.05) is 18.2 Å². The predicted octanol–water partition coefficient (Wildman–Crippen LogP) is 3.63. The van der Waals surface area contributed by atoms with E-state index in [0.717, 1.165) is 48.4 Å². The Morgan fingerprint density at radius 2 is 1.95 bits per heavy atom. The van der Waals surface area contributed by atoms with E-state index in [-0.39, 0.29) is 6.04 Å². The van der Waals surface area contributed by atoms with Gasteiger partial charge in [-0.1, -0.05) is 19.9 Å². The van der Waals surface area contributed by atoms with Crippen LogP contribution in [0.15, 0.2) is 18.2 Å². The number of rotatable bonds is 6. The third-order valence-corrected chi connectivity index (χ3v) is 4.46. The normalized spacial score (nSPS) is 16.0. The molecule has 0 saturated heterocycles. The van der Waals surface area contributed by atoms with Crippen LogP contribution in [0.3, 0.4) is 0 Å². The van der Waals surface area contributed by atoms with Crippen molar-refractivity contribution in [3.05, 3.63) is 23.8 Å². The molecule has 0 aliphatic carbocycles. The molecule has 2 rings (SSSR count). The van der Waals surface area contributed by atoms with Crippen molar-refractivity contribution in [2.75, 3.05) is 24.7 Å². The molecule has 0 amide bonds. The van der Waals surface area contributed by atoms with E-state index in [0.29, 0.717) is 0 Å². The third kappa shape index (κ3) is 4.60. The van der Waals surface area contributed by atoms with Gasteiger partial charge in [-0.2, -0.15) is 11.8 Å². The summed E-state index contributed by atoms with van der Waals surface area (Å²) in [6.45, 7) is 5.95. The number of ether oxygens (including phenoxy) is 2. The van der Waals surface area contributed by atoms with Crippen LogP contribution in [-0.2, 0) is 0 Å². The monoisotopic (exact) mass is 295 g/mol. The second-order valence-corrected chi connectivity index (χ2v) is 6.77. The van der Waals surface area contributed by atoms with Crippen molar-refractivity contribution in [2.45, 2.75) is 32.7 Å². The molecule has 3 nitrogen and oxygen atoms in total. The molecule has 0 spiro atoms. The Labute approximate surface area is 126 Å². The van der Waals surface area contributed by atoms with Gasteiger partial charge in [-0.15, -0.1) is 0 Å². The van der Waals surface area contributed by atoms with Crippen molar-refractivity contribution < 1.29 is 9.47 Å². The van der Waals surface area contributed by atoms with Crippen molar-refractivity contribution in [1.29, 1.82) is 0 Å². The molecule has 0 aromatic heterocycles. The van der Waals surface area contributed by atoms with Gasteiger partial charge in [-0.25, -0.2) is 0 Å². The van der Waals surface area contributed by atoms with E-state index in [1.54, 1.807) is 0 Å². The van der Waals surface area contributed by atoms with Gasteiger partial charge in [-0.05, 0) is 35.8 Å². The SMILES string of the molecule is CC(C)CCSCC(N)c1ccc2c(c1)OCCCO2. The lowest BCUT2D eigenvalue weighted by molar-refractivity contribution is 0.297. The summed E-state index contributed by atoms with van der Waals surface area (Å²) in [6.07, 6.45) is 2.18. The molecule has 1 heterocycles. The maximum atomic E-state index is 6.27. The van der Waals surface area contributed by atoms with Crippen LogP contribution in [0.2, 0.25) is 0 Å². The largest absolute Gasteiger partial charge is 0.490 e. The van der Waals surface area contributed by atoms with Gasteiger partial charge >= 0.3 is 0 Å². The van der Waals surface area contributed by atoms with Crippen molar-refractivity contribution >= 4 is 11.8 Å². The van der Waals surface area contributed by atoms with E-state index < -0.39 is 0 Å². The van der Waals surface area contributed by atoms with Gasteiger partial charge in [0.2, 0.25) is 0 Å². The molecule has 1 aromatic rings. The number of hydrogen-bond donors (Lipinski definition) is 1. The maximum Gasteiger partial charge on any atom is 0.161 e. The lowest BCUT2D eigenvalue weighted by Gasteiger charge is -2.15. The highest BCUT2D eigenvalue weighted by molar-refractivity contribution is 7.99. The second kappa shape index (κ2) is 7.79. The Hall–Kier alpha value is -0.870. The summed E-state index contributed by atoms with van der Waals surface area (Å²) in [6, 6.07) is 6.13. The summed E-state index contributed by atoms with van der Waals surface area (Å²) in [4.78, 5) is 0. The Kier molecular flexibility index (Phi) is 6.05. The quantitative estimate of drug-likeness (QED) is 0.814. The molecular formula is C16H25NO2S. The standard InChI is InChI=1S/C16H25NO2S/c1-12(2)6-9-20-11-14(17)13-4-5-15-16(10-13)19-8-3-7-18-15/h4-5,10,12,14H,3,6-9,11,17H2,1-2H3. The van der Waals surface area contributed by atoms with E-state index >= 15 is 0 Å². The molecule has 20 heavy (non-hydrogen) atoms. The highest BCUT2D eigenvalue weighted by atomic mass is 32.2. The first kappa shape index (κ1) is 15.5. The average molecular weight is 295 g/mol. The van der Waals surface area contributed by atoms with Crippen LogP contribution in [0.4, 0.5) is 0 Å². The molecule has 1 aliphatic heterocycles. The molecular weight excluding hydrogens is 270 g/mol. The van der Waals surface area contributed by atoms with Crippen LogP contribution >= 0.6 is 11.8 Å². The summed E-state index contributed by atoms with van der Waals surface area (Å²) in [5.41, 5.74) is 7.40. The molecule has 1 aromatic carbocycles. The third-order valence-electron chi connectivity index (χ3n) is 3.34. The molecule has 0 saturated carbocycles. The zero-order valence-electron chi connectivity index (χ0n) is 12.4. The smallest absolute Gasteiger partial charge is 0.161 e. The second-order valence-electron chi connectivity index (χ2n) is 5.62. The lowest BCUT2D eigenvalue weighted by Crippen LogP contribution is -2.13. The molecule has 0 bridgehead atoms. The summed E-state index contributed by atoms with van der Waals surface area (Å²) >= 11 is 1.93. The number of nitrogens with two attached hydrogens (primary N) is 1. The van der Waals surface area contributed by atoms with Crippen molar-refractivity contribution in [1.82, 2.24) is 0 Å². The van der Waals surface area contributed by atoms with Gasteiger partial charge in [0.05, 0.1) is 13.2 Å². The minimum atomic E-state index is 0.0596. The number of benzene rings is 1. The van der Waals surface area contributed by atoms with Crippen LogP contribution in [0.25, 0.3) is 0 Å². The zero-order valence-corrected chi connectivity index (χ0v) is 13.2. The number of fused-ring (bicyclic) bond motifs is 1. The van der Waals surface area contributed by atoms with Gasteiger partial charge in [0.1, 0.15) is 0 Å². The number of thioether (sulfide) groups is 1. The highest BCUT2D eigenvalue weighted by Crippen LogP contribution is 2.32. The zero-order chi connectivity index (χ0) is 14.4. The summed E-state index contributed by atoms with van der Waals surface area (Å²) in [7, 11) is 0. The van der Waals surface area contributed by atoms with E-state index in [2.05, 4.69) is 19.9 Å². The van der Waals surface area contributed by atoms with Gasteiger partial charge < -0.3 is 15.2 Å². The fourth-order valence-corrected chi connectivity index (χ4v) is 3.29. The molecule has 1 aliphatic rings. The van der Waals surface area contributed by atoms with Crippen LogP contribution in [0, 0.1) is 5.92 Å². The van der Waals surface area contributed by atoms with Crippen LogP contribution in [0.1, 0.15) is 38.3 Å². The summed E-state index contributed by atoms with van der Waals surface area (Å²) < 4.78 is 11.3. The average Bonchev–Trinajstić information content (AvgIpc) is 2.67. The molecule has 1 atom stereocenters. The molecule has 0 radical (unpaired) electrons. The van der Waals surface area contributed by atoms with Gasteiger partial charge in [0.25, 0.3) is 0 Å². The first-order chi connectivity index (χ1) is 9.66. The fraction of sp³-hybridized carbons (Fsp3) is 0.625. The van der Waals surface area contributed by atoms with Crippen molar-refractivity contribution in [3.63, 3.8) is 0 Å². The van der Waals surface area contributed by atoms with Crippen molar-refractivity contribution in [2.24, 2.45) is 11.7 Å². The molecule has 0 fully saturated rings. The lowest BCUT2D eigenvalue weighted by atomic mass is 10.1. The maximum absolute atomic E-state index is 6.27. The Balaban J connectivity index is 1.89. The van der Waals surface area contributed by atoms with Crippen LogP contribution in [-0.4, -0.2) is 24.7 Å². The minimum absolute atomic E-state index is 0.0596. The van der Waals surface area contributed by atoms with E-state index in [1.165, 1.54) is 12.2 Å². The molecule has 2 N–H and O–H groups in total. The Bertz CT molecular complexity index is 423. The first-order valence-corrected chi connectivity index (χ1v) is 8.55. The van der Waals surface area contributed by atoms with Gasteiger partial charge in [-0.3, -0.25) is 0 Å². The summed E-state index contributed by atoms with van der Waals surface area (Å²) in [5.74, 6) is 4.56. The van der Waals surface area contributed by atoms with Gasteiger partial charge in [0.15, 0.2) is 11.5 Å². The van der Waals surface area contributed by atoms with Crippen LogP contribution in [0.5, 0.6) is 11.5 Å². The molecule has 4 heteroatoms.